The number of carboxylic acid groups (broad SMARTS) is 1. The molecule has 17 rings (SSSR count). The Balaban J connectivity index is 0.000000148. The van der Waals surface area contributed by atoms with Gasteiger partial charge in [0, 0.05) is 18.2 Å². The van der Waals surface area contributed by atoms with Gasteiger partial charge in [0.15, 0.2) is 0 Å². The highest BCUT2D eigenvalue weighted by molar-refractivity contribution is 6.05. The van der Waals surface area contributed by atoms with Crippen molar-refractivity contribution in [3.8, 4) is 0 Å². The molecule has 8 bridgehead atoms. The molecule has 19 nitrogen and oxygen atoms in total. The molecule has 454 valence electrons. The molecule has 2 aromatic rings. The number of aliphatic carboxylic acids is 1. The van der Waals surface area contributed by atoms with Crippen LogP contribution in [0, 0.1) is 82.9 Å². The molecule has 2 heterocycles. The van der Waals surface area contributed by atoms with Crippen LogP contribution in [0.4, 0.5) is 4.79 Å². The van der Waals surface area contributed by atoms with Gasteiger partial charge in [-0.2, -0.15) is 0 Å². The number of amides is 1. The zero-order valence-corrected chi connectivity index (χ0v) is 48.2. The number of esters is 7. The van der Waals surface area contributed by atoms with E-state index < -0.39 is 35.8 Å². The van der Waals surface area contributed by atoms with Gasteiger partial charge in [-0.15, -0.1) is 0 Å². The number of carbonyl (C=O) groups is 9. The van der Waals surface area contributed by atoms with Gasteiger partial charge in [-0.3, -0.25) is 28.8 Å². The third-order valence-electron chi connectivity index (χ3n) is 17.5. The minimum Gasteiger partial charge on any atom is -0.481 e. The number of fused-ring (bicyclic) bond motifs is 7. The summed E-state index contributed by atoms with van der Waals surface area (Å²) in [7, 11) is 4.13. The Morgan fingerprint density at radius 1 is 0.518 bits per heavy atom. The molecule has 4 saturated carbocycles. The molecule has 5 fully saturated rings. The molecule has 0 spiro atoms. The number of nitrogens with one attached hydrogen (secondary N) is 1. The molecule has 1 saturated heterocycles. The van der Waals surface area contributed by atoms with Crippen LogP contribution in [0.3, 0.4) is 0 Å². The highest BCUT2D eigenvalue weighted by Gasteiger charge is 2.55. The lowest BCUT2D eigenvalue weighted by Gasteiger charge is -2.43. The summed E-state index contributed by atoms with van der Waals surface area (Å²) in [5, 5.41) is 20.5. The highest BCUT2D eigenvalue weighted by Crippen LogP contribution is 2.49. The fourth-order valence-corrected chi connectivity index (χ4v) is 13.1. The van der Waals surface area contributed by atoms with Gasteiger partial charge in [-0.25, -0.2) is 14.4 Å². The summed E-state index contributed by atoms with van der Waals surface area (Å²) < 4.78 is 28.3. The number of alkyl carbamates (subject to hydrolysis) is 1. The Hall–Kier alpha value is -8.03. The number of aliphatic hydroxyl groups excluding tert-OH is 1. The van der Waals surface area contributed by atoms with Gasteiger partial charge in [0.2, 0.25) is 0 Å². The first-order valence-corrected chi connectivity index (χ1v) is 29.1. The normalized spacial score (nSPS) is 31.4. The van der Waals surface area contributed by atoms with Gasteiger partial charge < -0.3 is 49.7 Å². The lowest BCUT2D eigenvalue weighted by Crippen LogP contribution is -2.54. The monoisotopic (exact) mass is 1170 g/mol. The Kier molecular flexibility index (Phi) is 24.1. The van der Waals surface area contributed by atoms with E-state index in [1.54, 1.807) is 0 Å². The fraction of sp³-hybridized carbons (Fsp3) is 0.470. The fourth-order valence-electron chi connectivity index (χ4n) is 13.1. The Morgan fingerprint density at radius 3 is 1.31 bits per heavy atom. The average molecular weight is 1170 g/mol. The van der Waals surface area contributed by atoms with Crippen LogP contribution >= 0.6 is 0 Å². The van der Waals surface area contributed by atoms with Crippen molar-refractivity contribution in [2.45, 2.75) is 89.5 Å². The minimum atomic E-state index is -0.885. The minimum absolute atomic E-state index is 0.00315. The summed E-state index contributed by atoms with van der Waals surface area (Å²) in [5.74, 6) is -3.72. The summed E-state index contributed by atoms with van der Waals surface area (Å²) in [5.41, 5.74) is 7.88. The molecule has 85 heavy (non-hydrogen) atoms. The smallest absolute Gasteiger partial charge is 0.407 e. The number of methoxy groups -OCH3 is 3. The summed E-state index contributed by atoms with van der Waals surface area (Å²) >= 11 is 0. The molecule has 16 atom stereocenters. The molecule has 13 aliphatic carbocycles. The van der Waals surface area contributed by atoms with E-state index in [9.17, 15) is 43.2 Å². The van der Waals surface area contributed by atoms with Crippen molar-refractivity contribution in [2.75, 3.05) is 21.3 Å². The zero-order valence-electron chi connectivity index (χ0n) is 48.2. The van der Waals surface area contributed by atoms with Crippen LogP contribution in [0.5, 0.6) is 0 Å². The molecule has 0 radical (unpaired) electrons. The maximum Gasteiger partial charge on any atom is 0.407 e. The molecule has 15 aliphatic rings. The first kappa shape index (κ1) is 64.5. The van der Waals surface area contributed by atoms with Crippen molar-refractivity contribution < 1.29 is 81.8 Å². The number of aliphatic hydroxyl groups is 1. The van der Waals surface area contributed by atoms with Gasteiger partial charge in [0.05, 0.1) is 69.5 Å². The van der Waals surface area contributed by atoms with Crippen molar-refractivity contribution in [3.63, 3.8) is 0 Å². The average Bonchev–Trinajstić information content (AvgIpc) is 2.64. The van der Waals surface area contributed by atoms with E-state index in [1.807, 2.05) is 72.8 Å². The lowest BCUT2D eigenvalue weighted by molar-refractivity contribution is -0.162. The van der Waals surface area contributed by atoms with E-state index in [0.717, 1.165) is 74.6 Å². The summed E-state index contributed by atoms with van der Waals surface area (Å²) in [6.45, 7) is 0.354. The summed E-state index contributed by atoms with van der Waals surface area (Å²) in [6, 6.07) is 18.7. The quantitative estimate of drug-likeness (QED) is 0.0841. The summed E-state index contributed by atoms with van der Waals surface area (Å²) in [4.78, 5) is 101. The van der Waals surface area contributed by atoms with Crippen LogP contribution in [0.25, 0.3) is 0 Å². The largest absolute Gasteiger partial charge is 0.481 e. The molecule has 0 aromatic heterocycles. The first-order valence-electron chi connectivity index (χ1n) is 29.1. The van der Waals surface area contributed by atoms with Gasteiger partial charge in [0.1, 0.15) is 6.61 Å². The second-order valence-corrected chi connectivity index (χ2v) is 22.4. The Bertz CT molecular complexity index is 2830. The maximum atomic E-state index is 12.1. The van der Waals surface area contributed by atoms with Crippen molar-refractivity contribution in [1.29, 1.82) is 0 Å². The van der Waals surface area contributed by atoms with Crippen LogP contribution in [0.1, 0.15) is 75.3 Å². The molecule has 2 aliphatic heterocycles. The van der Waals surface area contributed by atoms with Gasteiger partial charge in [-0.1, -0.05) is 134 Å². The standard InChI is InChI=1S/C18H21NO4.C11H14O4.C10H15NO2.C10H10O3.C7H8O.C6H8.C4H2O3/c1-22-17(20)15-13-7-9-14(10-8-13)16(15)19-18(21)23-11-12-5-3-2-4-6-12;1-15-11(14)9-7-4-2-6(3-5-7)8(9)10(12)13;1-13-10(12)8-6-2-4-7(5-3-6)9(8)11;11-9-7-5-1-2-6(4-3-5)8(7)10(12)13-9;8-6-7-4-2-1-3-5-7;1-2-4-6-5-3-1;5-3-1-2-4(6)7-3/h2-7,9,13-16H,8,10-11H2,1H3,(H,19,21);2,4,6-9H,3,5H2,1H3,(H,12,13);2,4,6-9H,3,5,11H2,1H3;1-2,5-8H,3-4H2;1-5,8H,6H2;1-4H,5-6H2;1-2H/t;;;5?,6?,7-,8+;;;. The van der Waals surface area contributed by atoms with Gasteiger partial charge >= 0.3 is 53.8 Å². The molecule has 14 unspecified atom stereocenters. The molecule has 1 amide bonds. The van der Waals surface area contributed by atoms with Crippen LogP contribution in [0.2, 0.25) is 0 Å². The second-order valence-electron chi connectivity index (χ2n) is 22.4. The Labute approximate surface area is 495 Å². The SMILES string of the molecule is C1=CCCC=C1.COC(=O)C1C2C=CC(CC2)C1C(=O)O.COC(=O)C1C2C=CC(CC2)C1N.COC(=O)C1C2C=CC(CC2)C1NC(=O)OCc1ccccc1.O=C1C=CC(=O)O1.O=C1OC(=O)[C@H]2C3C=CC(CC3)[C@@H]12.OCc1ccccc1. The number of hydrogen-bond acceptors (Lipinski definition) is 17. The number of nitrogens with two attached hydrogens (primary N) is 1. The Morgan fingerprint density at radius 2 is 0.918 bits per heavy atom. The number of rotatable bonds is 8. The third kappa shape index (κ3) is 17.1. The zero-order chi connectivity index (χ0) is 61.0. The molecule has 19 heteroatoms. The van der Waals surface area contributed by atoms with Gasteiger partial charge in [0.25, 0.3) is 0 Å². The van der Waals surface area contributed by atoms with Crippen molar-refractivity contribution >= 4 is 53.8 Å². The molecular weight excluding hydrogens is 1090 g/mol. The number of carboxylic acids is 1. The van der Waals surface area contributed by atoms with Crippen molar-refractivity contribution in [1.82, 2.24) is 5.32 Å². The molecule has 2 aromatic carbocycles. The van der Waals surface area contributed by atoms with E-state index in [2.05, 4.69) is 80.3 Å². The van der Waals surface area contributed by atoms with E-state index >= 15 is 0 Å². The number of hydrogen-bond donors (Lipinski definition) is 4. The van der Waals surface area contributed by atoms with Crippen molar-refractivity contribution in [2.24, 2.45) is 88.6 Å². The van der Waals surface area contributed by atoms with Gasteiger partial charge in [-0.05, 0) is 123 Å². The maximum absolute atomic E-state index is 12.1. The van der Waals surface area contributed by atoms with Crippen LogP contribution in [0.15, 0.2) is 146 Å². The number of allylic oxidation sites excluding steroid dienone is 10. The predicted molar refractivity (Wildman–Crippen MR) is 309 cm³/mol. The summed E-state index contributed by atoms with van der Waals surface area (Å²) in [6.07, 6.45) is 37.1. The van der Waals surface area contributed by atoms with E-state index in [1.165, 1.54) is 34.2 Å². The van der Waals surface area contributed by atoms with Crippen LogP contribution in [-0.4, -0.2) is 97.5 Å². The molecular formula is C66H78N2O17. The third-order valence-corrected chi connectivity index (χ3v) is 17.5. The van der Waals surface area contributed by atoms with Crippen LogP contribution in [-0.2, 0) is 80.0 Å². The number of carbonyl (C=O) groups excluding carboxylic acids is 8. The highest BCUT2D eigenvalue weighted by atomic mass is 16.6. The van der Waals surface area contributed by atoms with Crippen molar-refractivity contribution in [3.05, 3.63) is 157 Å². The number of cyclic esters (lactones) is 4. The topological polar surface area (TPSA) is 288 Å². The second kappa shape index (κ2) is 31.7. The number of benzene rings is 2. The predicted octanol–water partition coefficient (Wildman–Crippen LogP) is 8.03. The number of ether oxygens (including phenoxy) is 6. The molecule has 5 N–H and O–H groups in total. The first-order chi connectivity index (χ1) is 41.1. The van der Waals surface area contributed by atoms with Crippen LogP contribution < -0.4 is 11.1 Å². The lowest BCUT2D eigenvalue weighted by atomic mass is 9.62. The van der Waals surface area contributed by atoms with E-state index in [0.29, 0.717) is 11.8 Å². The van der Waals surface area contributed by atoms with E-state index in [4.69, 9.17) is 30.2 Å². The van der Waals surface area contributed by atoms with E-state index in [-0.39, 0.29) is 114 Å².